The zero-order valence-corrected chi connectivity index (χ0v) is 19.1. The van der Waals surface area contributed by atoms with Gasteiger partial charge in [0.1, 0.15) is 17.5 Å². The molecule has 1 atom stereocenters. The summed E-state index contributed by atoms with van der Waals surface area (Å²) < 4.78 is 38.9. The minimum atomic E-state index is -3.99. The summed E-state index contributed by atoms with van der Waals surface area (Å²) in [7, 11) is -1.01. The largest absolute Gasteiger partial charge is 0.497 e. The van der Waals surface area contributed by atoms with E-state index < -0.39 is 22.0 Å². The van der Waals surface area contributed by atoms with Crippen molar-refractivity contribution in [2.24, 2.45) is 0 Å². The topological polar surface area (TPSA) is 93.7 Å². The molecular formula is C23H23ClN2O5S. The number of benzene rings is 3. The van der Waals surface area contributed by atoms with Crippen molar-refractivity contribution in [3.63, 3.8) is 0 Å². The van der Waals surface area contributed by atoms with Gasteiger partial charge in [0.05, 0.1) is 24.8 Å². The SMILES string of the molecule is COc1ccc(OC)c(NC(=O)[C@H](Cc2ccccc2)NS(=O)(=O)c2ccc(Cl)cc2)c1. The number of anilines is 1. The van der Waals surface area contributed by atoms with Gasteiger partial charge >= 0.3 is 0 Å². The molecule has 7 nitrogen and oxygen atoms in total. The van der Waals surface area contributed by atoms with Crippen LogP contribution in [0, 0.1) is 0 Å². The van der Waals surface area contributed by atoms with Crippen molar-refractivity contribution in [1.82, 2.24) is 4.72 Å². The van der Waals surface area contributed by atoms with Gasteiger partial charge in [-0.2, -0.15) is 4.72 Å². The molecule has 3 aromatic rings. The fourth-order valence-corrected chi connectivity index (χ4v) is 4.36. The lowest BCUT2D eigenvalue weighted by atomic mass is 10.1. The summed E-state index contributed by atoms with van der Waals surface area (Å²) in [5.41, 5.74) is 1.16. The number of sulfonamides is 1. The Labute approximate surface area is 192 Å². The second-order valence-corrected chi connectivity index (χ2v) is 9.02. The molecule has 0 aliphatic carbocycles. The van der Waals surface area contributed by atoms with E-state index in [1.807, 2.05) is 30.3 Å². The number of hydrogen-bond donors (Lipinski definition) is 2. The van der Waals surface area contributed by atoms with Gasteiger partial charge in [-0.15, -0.1) is 0 Å². The number of methoxy groups -OCH3 is 2. The first-order valence-electron chi connectivity index (χ1n) is 9.67. The Balaban J connectivity index is 1.90. The molecule has 3 rings (SSSR count). The summed E-state index contributed by atoms with van der Waals surface area (Å²) in [5, 5.41) is 3.16. The molecule has 0 unspecified atom stereocenters. The lowest BCUT2D eigenvalue weighted by molar-refractivity contribution is -0.117. The quantitative estimate of drug-likeness (QED) is 0.490. The highest BCUT2D eigenvalue weighted by molar-refractivity contribution is 7.89. The fraction of sp³-hybridized carbons (Fsp3) is 0.174. The Kier molecular flexibility index (Phi) is 7.74. The van der Waals surface area contributed by atoms with E-state index in [1.165, 1.54) is 38.5 Å². The van der Waals surface area contributed by atoms with Crippen LogP contribution in [0.25, 0.3) is 0 Å². The molecule has 1 amide bonds. The summed E-state index contributed by atoms with van der Waals surface area (Å²) in [4.78, 5) is 13.2. The Morgan fingerprint density at radius 2 is 1.66 bits per heavy atom. The van der Waals surface area contributed by atoms with E-state index in [0.29, 0.717) is 22.2 Å². The van der Waals surface area contributed by atoms with Crippen LogP contribution < -0.4 is 19.5 Å². The van der Waals surface area contributed by atoms with Gasteiger partial charge in [-0.3, -0.25) is 4.79 Å². The number of amides is 1. The molecule has 0 spiro atoms. The second-order valence-electron chi connectivity index (χ2n) is 6.87. The number of ether oxygens (including phenoxy) is 2. The Morgan fingerprint density at radius 3 is 2.28 bits per heavy atom. The van der Waals surface area contributed by atoms with Crippen LogP contribution in [0.15, 0.2) is 77.7 Å². The normalized spacial score (nSPS) is 12.1. The maximum absolute atomic E-state index is 13.2. The highest BCUT2D eigenvalue weighted by atomic mass is 35.5. The minimum Gasteiger partial charge on any atom is -0.497 e. The van der Waals surface area contributed by atoms with Crippen LogP contribution in [0.1, 0.15) is 5.56 Å². The maximum atomic E-state index is 13.2. The van der Waals surface area contributed by atoms with E-state index in [-0.39, 0.29) is 11.3 Å². The Bertz CT molecular complexity index is 1170. The summed E-state index contributed by atoms with van der Waals surface area (Å²) in [6.45, 7) is 0. The predicted molar refractivity (Wildman–Crippen MR) is 124 cm³/mol. The van der Waals surface area contributed by atoms with Crippen LogP contribution in [0.5, 0.6) is 11.5 Å². The zero-order valence-electron chi connectivity index (χ0n) is 17.5. The average Bonchev–Trinajstić information content (AvgIpc) is 2.79. The first kappa shape index (κ1) is 23.6. The molecule has 32 heavy (non-hydrogen) atoms. The van der Waals surface area contributed by atoms with Crippen LogP contribution in [-0.2, 0) is 21.2 Å². The number of carbonyl (C=O) groups is 1. The molecule has 2 N–H and O–H groups in total. The van der Waals surface area contributed by atoms with E-state index in [9.17, 15) is 13.2 Å². The van der Waals surface area contributed by atoms with Crippen LogP contribution in [0.2, 0.25) is 5.02 Å². The monoisotopic (exact) mass is 474 g/mol. The maximum Gasteiger partial charge on any atom is 0.243 e. The lowest BCUT2D eigenvalue weighted by Gasteiger charge is -2.20. The standard InChI is InChI=1S/C23H23ClN2O5S/c1-30-18-10-13-22(31-2)20(15-18)25-23(27)21(14-16-6-4-3-5-7-16)26-32(28,29)19-11-8-17(24)9-12-19/h3-13,15,21,26H,14H2,1-2H3,(H,25,27)/t21-/m0/s1. The molecule has 9 heteroatoms. The van der Waals surface area contributed by atoms with Gasteiger partial charge < -0.3 is 14.8 Å². The van der Waals surface area contributed by atoms with Crippen LogP contribution in [0.3, 0.4) is 0 Å². The minimum absolute atomic E-state index is 0.00622. The van der Waals surface area contributed by atoms with Gasteiger partial charge in [-0.05, 0) is 48.4 Å². The van der Waals surface area contributed by atoms with E-state index in [2.05, 4.69) is 10.0 Å². The molecule has 0 aliphatic heterocycles. The van der Waals surface area contributed by atoms with E-state index in [1.54, 1.807) is 18.2 Å². The highest BCUT2D eigenvalue weighted by Crippen LogP contribution is 2.29. The molecule has 0 aliphatic rings. The Morgan fingerprint density at radius 1 is 0.969 bits per heavy atom. The van der Waals surface area contributed by atoms with Crippen molar-refractivity contribution in [3.05, 3.63) is 83.4 Å². The fourth-order valence-electron chi connectivity index (χ4n) is 3.04. The van der Waals surface area contributed by atoms with Crippen molar-refractivity contribution in [2.75, 3.05) is 19.5 Å². The summed E-state index contributed by atoms with van der Waals surface area (Å²) in [6.07, 6.45) is 0.145. The summed E-state index contributed by atoms with van der Waals surface area (Å²) in [6, 6.07) is 18.7. The lowest BCUT2D eigenvalue weighted by Crippen LogP contribution is -2.45. The third kappa shape index (κ3) is 6.00. The predicted octanol–water partition coefficient (Wildman–Crippen LogP) is 3.89. The van der Waals surface area contributed by atoms with Crippen molar-refractivity contribution >= 4 is 33.2 Å². The molecule has 0 heterocycles. The van der Waals surface area contributed by atoms with E-state index >= 15 is 0 Å². The molecule has 0 radical (unpaired) electrons. The van der Waals surface area contributed by atoms with Crippen molar-refractivity contribution < 1.29 is 22.7 Å². The first-order chi connectivity index (χ1) is 15.3. The van der Waals surface area contributed by atoms with Gasteiger partial charge in [-0.25, -0.2) is 8.42 Å². The first-order valence-corrected chi connectivity index (χ1v) is 11.5. The van der Waals surface area contributed by atoms with Gasteiger partial charge in [0, 0.05) is 11.1 Å². The summed E-state index contributed by atoms with van der Waals surface area (Å²) in [5.74, 6) is 0.388. The number of carbonyl (C=O) groups excluding carboxylic acids is 1. The van der Waals surface area contributed by atoms with Crippen molar-refractivity contribution in [3.8, 4) is 11.5 Å². The molecule has 0 bridgehead atoms. The average molecular weight is 475 g/mol. The van der Waals surface area contributed by atoms with Gasteiger partial charge in [-0.1, -0.05) is 41.9 Å². The molecule has 0 saturated heterocycles. The number of halogens is 1. The number of nitrogens with one attached hydrogen (secondary N) is 2. The Hall–Kier alpha value is -3.07. The van der Waals surface area contributed by atoms with Crippen molar-refractivity contribution in [2.45, 2.75) is 17.4 Å². The van der Waals surface area contributed by atoms with Gasteiger partial charge in [0.2, 0.25) is 15.9 Å². The van der Waals surface area contributed by atoms with Crippen LogP contribution >= 0.6 is 11.6 Å². The number of rotatable bonds is 9. The molecule has 0 aromatic heterocycles. The third-order valence-corrected chi connectivity index (χ3v) is 6.42. The van der Waals surface area contributed by atoms with Gasteiger partial charge in [0.15, 0.2) is 0 Å². The molecule has 0 fully saturated rings. The molecule has 168 valence electrons. The third-order valence-electron chi connectivity index (χ3n) is 4.69. The van der Waals surface area contributed by atoms with E-state index in [4.69, 9.17) is 21.1 Å². The van der Waals surface area contributed by atoms with E-state index in [0.717, 1.165) is 5.56 Å². The smallest absolute Gasteiger partial charge is 0.243 e. The molecule has 0 saturated carbocycles. The molecule has 3 aromatic carbocycles. The molecular weight excluding hydrogens is 452 g/mol. The van der Waals surface area contributed by atoms with Crippen LogP contribution in [-0.4, -0.2) is 34.6 Å². The van der Waals surface area contributed by atoms with Crippen LogP contribution in [0.4, 0.5) is 5.69 Å². The van der Waals surface area contributed by atoms with Gasteiger partial charge in [0.25, 0.3) is 0 Å². The second kappa shape index (κ2) is 10.5. The zero-order chi connectivity index (χ0) is 23.1. The number of hydrogen-bond acceptors (Lipinski definition) is 5. The van der Waals surface area contributed by atoms with Crippen molar-refractivity contribution in [1.29, 1.82) is 0 Å². The summed E-state index contributed by atoms with van der Waals surface area (Å²) >= 11 is 5.87. The highest BCUT2D eigenvalue weighted by Gasteiger charge is 2.27.